The Morgan fingerprint density at radius 2 is 1.06 bits per heavy atom. The lowest BCUT2D eigenvalue weighted by Crippen LogP contribution is -2.56. The molecule has 4 nitrogen and oxygen atoms in total. The van der Waals surface area contributed by atoms with Crippen molar-refractivity contribution in [2.45, 2.75) is 105 Å². The van der Waals surface area contributed by atoms with Gasteiger partial charge in [-0.25, -0.2) is 0 Å². The highest BCUT2D eigenvalue weighted by atomic mass is 16.3. The first-order valence-corrected chi connectivity index (χ1v) is 25.5. The number of rotatable bonds is 5. The Balaban J connectivity index is 1.25. The summed E-state index contributed by atoms with van der Waals surface area (Å²) in [7, 11) is 0. The van der Waals surface area contributed by atoms with Gasteiger partial charge in [-0.15, -0.1) is 0 Å². The van der Waals surface area contributed by atoms with E-state index in [4.69, 9.17) is 4.42 Å². The smallest absolute Gasteiger partial charge is 0.375 e. The molecule has 8 aromatic carbocycles. The minimum atomic E-state index is -0.260. The van der Waals surface area contributed by atoms with Crippen molar-refractivity contribution in [1.82, 2.24) is 4.48 Å². The van der Waals surface area contributed by atoms with Gasteiger partial charge in [0.2, 0.25) is 0 Å². The third-order valence-electron chi connectivity index (χ3n) is 15.4. The molecule has 0 saturated heterocycles. The highest BCUT2D eigenvalue weighted by Gasteiger charge is 2.47. The average Bonchev–Trinajstić information content (AvgIpc) is 3.89. The molecule has 0 aliphatic carbocycles. The summed E-state index contributed by atoms with van der Waals surface area (Å²) in [6.45, 7) is 27.6. The molecule has 2 aromatic heterocycles. The van der Waals surface area contributed by atoms with E-state index < -0.39 is 0 Å². The summed E-state index contributed by atoms with van der Waals surface area (Å²) in [6, 6.07) is 63.9. The minimum absolute atomic E-state index is 0.0158. The first-order valence-electron chi connectivity index (χ1n) is 25.5. The van der Waals surface area contributed by atoms with E-state index in [1.165, 1.54) is 77.5 Å². The Morgan fingerprint density at radius 3 is 1.72 bits per heavy atom. The summed E-state index contributed by atoms with van der Waals surface area (Å²) in [5, 5.41) is 3.60. The first-order chi connectivity index (χ1) is 33.8. The third-order valence-corrected chi connectivity index (χ3v) is 15.4. The topological polar surface area (TPSA) is 24.6 Å². The lowest BCUT2D eigenvalue weighted by Gasteiger charge is -2.40. The second-order valence-corrected chi connectivity index (χ2v) is 24.3. The lowest BCUT2D eigenvalue weighted by molar-refractivity contribution is 0.590. The van der Waals surface area contributed by atoms with Crippen LogP contribution >= 0.6 is 0 Å². The number of benzene rings is 8. The fourth-order valence-corrected chi connectivity index (χ4v) is 11.4. The molecule has 0 bridgehead atoms. The van der Waals surface area contributed by atoms with Crippen LogP contribution in [0.5, 0.6) is 0 Å². The van der Waals surface area contributed by atoms with Gasteiger partial charge in [0.1, 0.15) is 11.2 Å². The predicted octanol–water partition coefficient (Wildman–Crippen LogP) is 17.3. The van der Waals surface area contributed by atoms with E-state index in [2.05, 4.69) is 267 Å². The van der Waals surface area contributed by atoms with Gasteiger partial charge in [-0.1, -0.05) is 186 Å². The van der Waals surface area contributed by atoms with Crippen LogP contribution in [0, 0.1) is 0 Å². The number of hydrogen-bond donors (Lipinski definition) is 0. The van der Waals surface area contributed by atoms with Crippen molar-refractivity contribution in [2.24, 2.45) is 0 Å². The van der Waals surface area contributed by atoms with Gasteiger partial charge in [0.25, 0.3) is 0 Å². The SMILES string of the molecule is CC(C)(C)c1ccc(N2c3cc(C(C)(C)C)cc4c3B(c3oc5ccc(C(C)(C)C)cc5c32)n2c3ccc(C(C)(C)C)cc3c3c(N(c5ccccc5)c5ccccc5-c5ccccc5)ccc-4c32)cc1. The van der Waals surface area contributed by atoms with Crippen molar-refractivity contribution >= 4 is 84.9 Å². The van der Waals surface area contributed by atoms with Crippen LogP contribution in [0.4, 0.5) is 34.1 Å². The van der Waals surface area contributed by atoms with Crippen LogP contribution < -0.4 is 20.9 Å². The fraction of sp³-hybridized carbons (Fsp3) is 0.242. The molecule has 4 heterocycles. The van der Waals surface area contributed by atoms with Gasteiger partial charge >= 0.3 is 6.85 Å². The molecule has 5 heteroatoms. The number of para-hydroxylation sites is 2. The predicted molar refractivity (Wildman–Crippen MR) is 305 cm³/mol. The second kappa shape index (κ2) is 15.6. The van der Waals surface area contributed by atoms with Crippen LogP contribution in [0.3, 0.4) is 0 Å². The summed E-state index contributed by atoms with van der Waals surface area (Å²) in [6.07, 6.45) is 0. The molecular formula is C66H64BN3O. The number of nitrogens with zero attached hydrogens (tertiary/aromatic N) is 3. The van der Waals surface area contributed by atoms with Crippen molar-refractivity contribution in [3.8, 4) is 22.3 Å². The van der Waals surface area contributed by atoms with Gasteiger partial charge in [0, 0.05) is 55.4 Å². The lowest BCUT2D eigenvalue weighted by atomic mass is 9.47. The number of hydrogen-bond acceptors (Lipinski definition) is 3. The monoisotopic (exact) mass is 926 g/mol. The van der Waals surface area contributed by atoms with E-state index in [1.807, 2.05) is 0 Å². The normalized spacial score (nSPS) is 13.6. The molecular weight excluding hydrogens is 862 g/mol. The maximum Gasteiger partial charge on any atom is 0.375 e. The highest BCUT2D eigenvalue weighted by Crippen LogP contribution is 2.53. The third kappa shape index (κ3) is 7.09. The molecule has 71 heavy (non-hydrogen) atoms. The van der Waals surface area contributed by atoms with Crippen LogP contribution in [0.1, 0.15) is 105 Å². The Hall–Kier alpha value is -7.24. The van der Waals surface area contributed by atoms with E-state index >= 15 is 0 Å². The molecule has 0 amide bonds. The molecule has 12 rings (SSSR count). The zero-order valence-corrected chi connectivity index (χ0v) is 43.5. The Morgan fingerprint density at radius 1 is 0.465 bits per heavy atom. The second-order valence-electron chi connectivity index (χ2n) is 24.3. The largest absolute Gasteiger partial charge is 0.466 e. The van der Waals surface area contributed by atoms with Gasteiger partial charge in [-0.3, -0.25) is 0 Å². The molecule has 0 saturated carbocycles. The quantitative estimate of drug-likeness (QED) is 0.161. The summed E-state index contributed by atoms with van der Waals surface area (Å²) < 4.78 is 10.1. The van der Waals surface area contributed by atoms with Gasteiger partial charge in [0.05, 0.1) is 17.1 Å². The van der Waals surface area contributed by atoms with Gasteiger partial charge < -0.3 is 18.7 Å². The first kappa shape index (κ1) is 44.9. The average molecular weight is 926 g/mol. The molecule has 352 valence electrons. The Kier molecular flexibility index (Phi) is 9.89. The van der Waals surface area contributed by atoms with Gasteiger partial charge in [-0.05, 0) is 127 Å². The van der Waals surface area contributed by atoms with Crippen molar-refractivity contribution < 1.29 is 4.42 Å². The standard InChI is InChI=1S/C66H64BN3O/c1-63(2,3)42-27-31-47(32-28-42)69-56-40-45(66(10,11)12)39-50-49-33-35-55(68(46-23-17-14-18-24-46)53-26-20-19-25-48(53)41-21-15-13-16-22-41)58-51-37-43(64(4,5)6)29-34-54(51)70(60(49)58)67(59(50)56)62-61(69)52-38-44(65(7,8)9)30-36-57(52)71-62/h13-40H,1-12H3. The van der Waals surface area contributed by atoms with Crippen LogP contribution in [-0.4, -0.2) is 11.3 Å². The molecule has 2 aliphatic rings. The van der Waals surface area contributed by atoms with Crippen molar-refractivity contribution in [3.05, 3.63) is 192 Å². The van der Waals surface area contributed by atoms with E-state index in [0.717, 1.165) is 45.1 Å². The minimum Gasteiger partial charge on any atom is -0.466 e. The highest BCUT2D eigenvalue weighted by molar-refractivity contribution is 6.89. The molecule has 0 atom stereocenters. The molecule has 0 N–H and O–H groups in total. The summed E-state index contributed by atoms with van der Waals surface area (Å²) in [5.74, 6) is 0. The van der Waals surface area contributed by atoms with Gasteiger partial charge in [0.15, 0.2) is 0 Å². The van der Waals surface area contributed by atoms with Gasteiger partial charge in [-0.2, -0.15) is 0 Å². The van der Waals surface area contributed by atoms with E-state index in [0.29, 0.717) is 0 Å². The molecule has 0 spiro atoms. The maximum absolute atomic E-state index is 7.49. The molecule has 0 unspecified atom stereocenters. The van der Waals surface area contributed by atoms with E-state index in [-0.39, 0.29) is 28.5 Å². The summed E-state index contributed by atoms with van der Waals surface area (Å²) >= 11 is 0. The molecule has 0 radical (unpaired) electrons. The zero-order valence-electron chi connectivity index (χ0n) is 43.5. The van der Waals surface area contributed by atoms with Crippen LogP contribution in [0.25, 0.3) is 55.0 Å². The number of anilines is 6. The molecule has 0 fully saturated rings. The fourth-order valence-electron chi connectivity index (χ4n) is 11.4. The van der Waals surface area contributed by atoms with Crippen LogP contribution in [-0.2, 0) is 21.7 Å². The molecule has 2 aliphatic heterocycles. The number of fused-ring (bicyclic) bond motifs is 9. The Labute approximate surface area is 420 Å². The Bertz CT molecular complexity index is 3740. The summed E-state index contributed by atoms with van der Waals surface area (Å²) in [5.41, 5.74) is 22.1. The van der Waals surface area contributed by atoms with Crippen molar-refractivity contribution in [3.63, 3.8) is 0 Å². The van der Waals surface area contributed by atoms with Crippen LogP contribution in [0.15, 0.2) is 174 Å². The summed E-state index contributed by atoms with van der Waals surface area (Å²) in [4.78, 5) is 5.05. The van der Waals surface area contributed by atoms with E-state index in [9.17, 15) is 0 Å². The van der Waals surface area contributed by atoms with Crippen molar-refractivity contribution in [2.75, 3.05) is 9.80 Å². The zero-order chi connectivity index (χ0) is 49.5. The maximum atomic E-state index is 7.49. The van der Waals surface area contributed by atoms with E-state index in [1.54, 1.807) is 0 Å². The van der Waals surface area contributed by atoms with Crippen molar-refractivity contribution in [1.29, 1.82) is 0 Å². The number of aromatic nitrogens is 1. The number of furan rings is 1. The van der Waals surface area contributed by atoms with Crippen LogP contribution in [0.2, 0.25) is 0 Å². The molecule has 10 aromatic rings.